The van der Waals surface area contributed by atoms with Gasteiger partial charge in [0.05, 0.1) is 11.1 Å². The van der Waals surface area contributed by atoms with Gasteiger partial charge in [0.1, 0.15) is 0 Å². The number of hydrogen-bond donors (Lipinski definition) is 1. The quantitative estimate of drug-likeness (QED) is 0.896. The minimum absolute atomic E-state index is 0.151. The summed E-state index contributed by atoms with van der Waals surface area (Å²) in [4.78, 5) is 32.8. The van der Waals surface area contributed by atoms with Gasteiger partial charge in [-0.1, -0.05) is 6.07 Å². The van der Waals surface area contributed by atoms with E-state index in [0.717, 1.165) is 56.3 Å². The Bertz CT molecular complexity index is 706. The van der Waals surface area contributed by atoms with Crippen LogP contribution >= 0.6 is 0 Å². The highest BCUT2D eigenvalue weighted by molar-refractivity contribution is 5.92. The van der Waals surface area contributed by atoms with Crippen LogP contribution < -0.4 is 0 Å². The molecular formula is C19H25N3O3. The SMILES string of the molecule is Cc1cccnc1C1(C(=O)N2CCCC23CCN(C(=O)O)CC3)CC1. The molecule has 2 saturated heterocycles. The van der Waals surface area contributed by atoms with Crippen molar-refractivity contribution in [3.05, 3.63) is 29.6 Å². The zero-order valence-electron chi connectivity index (χ0n) is 14.7. The Kier molecular flexibility index (Phi) is 3.74. The van der Waals surface area contributed by atoms with Crippen LogP contribution in [0.5, 0.6) is 0 Å². The summed E-state index contributed by atoms with van der Waals surface area (Å²) in [6.07, 6.45) is 6.17. The Morgan fingerprint density at radius 1 is 1.12 bits per heavy atom. The van der Waals surface area contributed by atoms with Crippen molar-refractivity contribution >= 4 is 12.0 Å². The predicted octanol–water partition coefficient (Wildman–Crippen LogP) is 2.56. The summed E-state index contributed by atoms with van der Waals surface area (Å²) in [5, 5.41) is 9.20. The van der Waals surface area contributed by atoms with E-state index in [-0.39, 0.29) is 11.4 Å². The zero-order valence-corrected chi connectivity index (χ0v) is 14.7. The summed E-state index contributed by atoms with van der Waals surface area (Å²) in [7, 11) is 0. The van der Waals surface area contributed by atoms with Gasteiger partial charge in [-0.05, 0) is 57.1 Å². The maximum Gasteiger partial charge on any atom is 0.407 e. The molecule has 1 aromatic heterocycles. The molecule has 2 amide bonds. The van der Waals surface area contributed by atoms with E-state index in [1.165, 1.54) is 4.90 Å². The number of pyridine rings is 1. The van der Waals surface area contributed by atoms with Gasteiger partial charge >= 0.3 is 6.09 Å². The molecule has 0 aromatic carbocycles. The number of likely N-dealkylation sites (tertiary alicyclic amines) is 2. The number of aryl methyl sites for hydroxylation is 1. The van der Waals surface area contributed by atoms with Crippen molar-refractivity contribution in [2.24, 2.45) is 0 Å². The standard InChI is InChI=1S/C19H25N3O3/c1-14-4-2-10-20-15(14)19(6-7-19)16(23)22-11-3-5-18(22)8-12-21(13-9-18)17(24)25/h2,4,10H,3,5-9,11-13H2,1H3,(H,24,25). The normalized spacial score (nSPS) is 23.7. The van der Waals surface area contributed by atoms with Gasteiger partial charge in [0.25, 0.3) is 0 Å². The second-order valence-electron chi connectivity index (χ2n) is 7.81. The van der Waals surface area contributed by atoms with E-state index in [2.05, 4.69) is 9.88 Å². The number of amides is 2. The first-order chi connectivity index (χ1) is 12.0. The number of carboxylic acid groups (broad SMARTS) is 1. The van der Waals surface area contributed by atoms with Crippen molar-refractivity contribution in [3.8, 4) is 0 Å². The van der Waals surface area contributed by atoms with Crippen molar-refractivity contribution in [3.63, 3.8) is 0 Å². The Hall–Kier alpha value is -2.11. The van der Waals surface area contributed by atoms with Crippen molar-refractivity contribution in [1.29, 1.82) is 0 Å². The molecule has 4 rings (SSSR count). The molecule has 6 nitrogen and oxygen atoms in total. The third kappa shape index (κ3) is 2.50. The van der Waals surface area contributed by atoms with Crippen LogP contribution in [0.25, 0.3) is 0 Å². The molecule has 0 radical (unpaired) electrons. The molecule has 1 aromatic rings. The van der Waals surface area contributed by atoms with Crippen molar-refractivity contribution < 1.29 is 14.7 Å². The zero-order chi connectivity index (χ0) is 17.7. The Balaban J connectivity index is 1.58. The largest absolute Gasteiger partial charge is 0.465 e. The predicted molar refractivity (Wildman–Crippen MR) is 92.4 cm³/mol. The fourth-order valence-corrected chi connectivity index (χ4v) is 4.81. The van der Waals surface area contributed by atoms with Crippen LogP contribution in [0.2, 0.25) is 0 Å². The van der Waals surface area contributed by atoms with Crippen molar-refractivity contribution in [2.45, 2.75) is 56.4 Å². The summed E-state index contributed by atoms with van der Waals surface area (Å²) in [5.41, 5.74) is 1.43. The fourth-order valence-electron chi connectivity index (χ4n) is 4.81. The van der Waals surface area contributed by atoms with Gasteiger partial charge in [-0.3, -0.25) is 9.78 Å². The molecule has 3 heterocycles. The lowest BCUT2D eigenvalue weighted by atomic mass is 9.83. The lowest BCUT2D eigenvalue weighted by molar-refractivity contribution is -0.139. The molecule has 0 unspecified atom stereocenters. The third-order valence-corrected chi connectivity index (χ3v) is 6.43. The van der Waals surface area contributed by atoms with E-state index < -0.39 is 11.5 Å². The number of hydrogen-bond acceptors (Lipinski definition) is 3. The molecule has 1 saturated carbocycles. The van der Waals surface area contributed by atoms with E-state index in [9.17, 15) is 14.7 Å². The second-order valence-corrected chi connectivity index (χ2v) is 7.81. The van der Waals surface area contributed by atoms with E-state index >= 15 is 0 Å². The summed E-state index contributed by atoms with van der Waals surface area (Å²) in [6.45, 7) is 3.86. The Labute approximate surface area is 147 Å². The smallest absolute Gasteiger partial charge is 0.407 e. The molecular weight excluding hydrogens is 318 g/mol. The maximum absolute atomic E-state index is 13.5. The Morgan fingerprint density at radius 3 is 2.44 bits per heavy atom. The molecule has 1 aliphatic carbocycles. The lowest BCUT2D eigenvalue weighted by Gasteiger charge is -2.45. The van der Waals surface area contributed by atoms with Gasteiger partial charge in [0.15, 0.2) is 0 Å². The van der Waals surface area contributed by atoms with Crippen LogP contribution in [-0.4, -0.2) is 57.1 Å². The molecule has 2 aliphatic heterocycles. The van der Waals surface area contributed by atoms with Gasteiger partial charge in [-0.15, -0.1) is 0 Å². The van der Waals surface area contributed by atoms with E-state index in [1.54, 1.807) is 6.20 Å². The molecule has 3 aliphatic rings. The number of carbonyl (C=O) groups is 2. The summed E-state index contributed by atoms with van der Waals surface area (Å²) < 4.78 is 0. The monoisotopic (exact) mass is 343 g/mol. The lowest BCUT2D eigenvalue weighted by Crippen LogP contribution is -2.56. The number of nitrogens with zero attached hydrogens (tertiary/aromatic N) is 3. The van der Waals surface area contributed by atoms with E-state index in [1.807, 2.05) is 19.1 Å². The first-order valence-corrected chi connectivity index (χ1v) is 9.21. The molecule has 0 bridgehead atoms. The highest BCUT2D eigenvalue weighted by Crippen LogP contribution is 2.52. The summed E-state index contributed by atoms with van der Waals surface area (Å²) in [5.74, 6) is 0.218. The average Bonchev–Trinajstić information content (AvgIpc) is 3.32. The van der Waals surface area contributed by atoms with Crippen LogP contribution in [0, 0.1) is 6.92 Å². The number of piperidine rings is 1. The van der Waals surface area contributed by atoms with Gasteiger partial charge in [0.2, 0.25) is 5.91 Å². The van der Waals surface area contributed by atoms with Gasteiger partial charge in [-0.25, -0.2) is 4.79 Å². The van der Waals surface area contributed by atoms with E-state index in [0.29, 0.717) is 13.1 Å². The van der Waals surface area contributed by atoms with E-state index in [4.69, 9.17) is 0 Å². The maximum atomic E-state index is 13.5. The highest BCUT2D eigenvalue weighted by Gasteiger charge is 2.59. The number of rotatable bonds is 2. The minimum atomic E-state index is -0.853. The molecule has 1 N–H and O–H groups in total. The summed E-state index contributed by atoms with van der Waals surface area (Å²) >= 11 is 0. The Morgan fingerprint density at radius 2 is 1.84 bits per heavy atom. The second kappa shape index (κ2) is 5.71. The molecule has 134 valence electrons. The molecule has 25 heavy (non-hydrogen) atoms. The molecule has 3 fully saturated rings. The van der Waals surface area contributed by atoms with Crippen LogP contribution in [0.15, 0.2) is 18.3 Å². The fraction of sp³-hybridized carbons (Fsp3) is 0.632. The number of aromatic nitrogens is 1. The van der Waals surface area contributed by atoms with Gasteiger partial charge in [0, 0.05) is 31.4 Å². The van der Waals surface area contributed by atoms with Crippen LogP contribution in [0.3, 0.4) is 0 Å². The molecule has 0 atom stereocenters. The van der Waals surface area contributed by atoms with Crippen LogP contribution in [0.4, 0.5) is 4.79 Å². The first-order valence-electron chi connectivity index (χ1n) is 9.21. The highest BCUT2D eigenvalue weighted by atomic mass is 16.4. The molecule has 6 heteroatoms. The topological polar surface area (TPSA) is 73.7 Å². The minimum Gasteiger partial charge on any atom is -0.465 e. The summed E-state index contributed by atoms with van der Waals surface area (Å²) in [6, 6.07) is 3.94. The van der Waals surface area contributed by atoms with Crippen molar-refractivity contribution in [1.82, 2.24) is 14.8 Å². The average molecular weight is 343 g/mol. The van der Waals surface area contributed by atoms with Gasteiger partial charge in [-0.2, -0.15) is 0 Å². The first kappa shape index (κ1) is 16.4. The van der Waals surface area contributed by atoms with Crippen molar-refractivity contribution in [2.75, 3.05) is 19.6 Å². The third-order valence-electron chi connectivity index (χ3n) is 6.43. The number of carbonyl (C=O) groups excluding carboxylic acids is 1. The molecule has 1 spiro atoms. The van der Waals surface area contributed by atoms with Gasteiger partial charge < -0.3 is 14.9 Å². The van der Waals surface area contributed by atoms with Crippen LogP contribution in [0.1, 0.15) is 49.8 Å². The van der Waals surface area contributed by atoms with Crippen LogP contribution in [-0.2, 0) is 10.2 Å².